The van der Waals surface area contributed by atoms with Gasteiger partial charge in [0.05, 0.1) is 6.10 Å². The quantitative estimate of drug-likeness (QED) is 0.432. The molecule has 4 heteroatoms. The Morgan fingerprint density at radius 2 is 1.46 bits per heavy atom. The minimum absolute atomic E-state index is 0.118. The first kappa shape index (κ1) is 18.8. The maximum atomic E-state index is 5.97. The van der Waals surface area contributed by atoms with Crippen molar-refractivity contribution in [2.24, 2.45) is 0 Å². The van der Waals surface area contributed by atoms with Gasteiger partial charge < -0.3 is 9.47 Å². The number of benzene rings is 2. The molecule has 0 N–H and O–H groups in total. The normalized spacial score (nSPS) is 14.4. The fraction of sp³-hybridized carbons (Fsp3) is 0.292. The zero-order valence-corrected chi connectivity index (χ0v) is 16.9. The molecule has 3 nitrogen and oxygen atoms in total. The minimum Gasteiger partial charge on any atom is -0.490 e. The highest BCUT2D eigenvalue weighted by Gasteiger charge is 2.24. The number of hydrogen-bond acceptors (Lipinski definition) is 3. The number of rotatable bonds is 6. The van der Waals surface area contributed by atoms with E-state index in [-0.39, 0.29) is 5.41 Å². The van der Waals surface area contributed by atoms with Gasteiger partial charge in [0.1, 0.15) is 22.4 Å². The van der Waals surface area contributed by atoms with Gasteiger partial charge in [0, 0.05) is 17.7 Å². The van der Waals surface area contributed by atoms with Gasteiger partial charge in [0.2, 0.25) is 0 Å². The lowest BCUT2D eigenvalue weighted by Crippen LogP contribution is -2.24. The summed E-state index contributed by atoms with van der Waals surface area (Å²) < 4.78 is 11.8. The molecule has 1 saturated carbocycles. The predicted octanol–water partition coefficient (Wildman–Crippen LogP) is 6.78. The lowest BCUT2D eigenvalue weighted by molar-refractivity contribution is 0.120. The third-order valence-corrected chi connectivity index (χ3v) is 5.65. The van der Waals surface area contributed by atoms with E-state index < -0.39 is 0 Å². The Labute approximate surface area is 171 Å². The Kier molecular flexibility index (Phi) is 5.27. The van der Waals surface area contributed by atoms with Crippen LogP contribution in [-0.4, -0.2) is 11.1 Å². The first-order chi connectivity index (χ1) is 13.5. The molecule has 1 aromatic heterocycles. The van der Waals surface area contributed by atoms with Crippen LogP contribution in [0.5, 0.6) is 17.2 Å². The van der Waals surface area contributed by atoms with E-state index >= 15 is 0 Å². The van der Waals surface area contributed by atoms with Crippen molar-refractivity contribution in [2.45, 2.75) is 44.6 Å². The second-order valence-corrected chi connectivity index (χ2v) is 8.15. The molecule has 144 valence electrons. The van der Waals surface area contributed by atoms with E-state index in [1.165, 1.54) is 30.4 Å². The van der Waals surface area contributed by atoms with Crippen molar-refractivity contribution in [1.82, 2.24) is 4.98 Å². The molecule has 0 unspecified atom stereocenters. The van der Waals surface area contributed by atoms with E-state index in [0.29, 0.717) is 17.0 Å². The maximum absolute atomic E-state index is 5.97. The summed E-state index contributed by atoms with van der Waals surface area (Å²) in [5.74, 6) is 2.41. The molecule has 0 bridgehead atoms. The van der Waals surface area contributed by atoms with Gasteiger partial charge in [-0.2, -0.15) is 0 Å². The van der Waals surface area contributed by atoms with Crippen molar-refractivity contribution in [2.75, 3.05) is 0 Å². The van der Waals surface area contributed by atoms with Crippen molar-refractivity contribution in [3.05, 3.63) is 83.1 Å². The molecule has 1 heterocycles. The largest absolute Gasteiger partial charge is 0.490 e. The number of aromatic nitrogens is 1. The van der Waals surface area contributed by atoms with Crippen LogP contribution in [0, 0.1) is 0 Å². The van der Waals surface area contributed by atoms with Crippen molar-refractivity contribution >= 4 is 11.6 Å². The number of ether oxygens (including phenoxy) is 2. The summed E-state index contributed by atoms with van der Waals surface area (Å²) in [7, 11) is 0. The van der Waals surface area contributed by atoms with Crippen molar-refractivity contribution in [3.8, 4) is 17.2 Å². The SMILES string of the molecule is CC(C)(c1ccc(Oc2ccnc(Cl)c2)cc1)c1ccc(OC2CCC2)cc1. The highest BCUT2D eigenvalue weighted by Crippen LogP contribution is 2.34. The number of hydrogen-bond donors (Lipinski definition) is 0. The Morgan fingerprint density at radius 1 is 0.857 bits per heavy atom. The lowest BCUT2D eigenvalue weighted by atomic mass is 9.78. The molecule has 1 aliphatic rings. The topological polar surface area (TPSA) is 31.4 Å². The van der Waals surface area contributed by atoms with Crippen LogP contribution in [0.2, 0.25) is 5.15 Å². The zero-order chi connectivity index (χ0) is 19.6. The Hall–Kier alpha value is -2.52. The minimum atomic E-state index is -0.118. The average Bonchev–Trinajstić information content (AvgIpc) is 2.66. The third kappa shape index (κ3) is 4.15. The molecule has 1 fully saturated rings. The molecule has 0 atom stereocenters. The molecule has 1 aliphatic carbocycles. The molecule has 3 aromatic rings. The molecule has 0 spiro atoms. The van der Waals surface area contributed by atoms with Crippen LogP contribution >= 0.6 is 11.6 Å². The monoisotopic (exact) mass is 393 g/mol. The Balaban J connectivity index is 1.47. The lowest BCUT2D eigenvalue weighted by Gasteiger charge is -2.28. The van der Waals surface area contributed by atoms with Crippen LogP contribution < -0.4 is 9.47 Å². The second-order valence-electron chi connectivity index (χ2n) is 7.76. The first-order valence-corrected chi connectivity index (χ1v) is 10.1. The van der Waals surface area contributed by atoms with Gasteiger partial charge >= 0.3 is 0 Å². The van der Waals surface area contributed by atoms with Crippen LogP contribution in [0.3, 0.4) is 0 Å². The summed E-state index contributed by atoms with van der Waals surface area (Å²) in [6.45, 7) is 4.46. The van der Waals surface area contributed by atoms with Gasteiger partial charge in [-0.05, 0) is 60.7 Å². The molecule has 2 aromatic carbocycles. The predicted molar refractivity (Wildman–Crippen MR) is 113 cm³/mol. The van der Waals surface area contributed by atoms with Gasteiger partial charge in [-0.25, -0.2) is 4.98 Å². The number of nitrogens with zero attached hydrogens (tertiary/aromatic N) is 1. The fourth-order valence-corrected chi connectivity index (χ4v) is 3.49. The van der Waals surface area contributed by atoms with Gasteiger partial charge in [-0.1, -0.05) is 49.7 Å². The number of pyridine rings is 1. The summed E-state index contributed by atoms with van der Waals surface area (Å²) >= 11 is 5.91. The first-order valence-electron chi connectivity index (χ1n) is 9.68. The summed E-state index contributed by atoms with van der Waals surface area (Å²) in [6.07, 6.45) is 5.67. The summed E-state index contributed by atoms with van der Waals surface area (Å²) in [6, 6.07) is 20.2. The molecule has 0 amide bonds. The van der Waals surface area contributed by atoms with E-state index in [0.717, 1.165) is 11.5 Å². The smallest absolute Gasteiger partial charge is 0.132 e. The van der Waals surface area contributed by atoms with Gasteiger partial charge in [-0.15, -0.1) is 0 Å². The van der Waals surface area contributed by atoms with E-state index in [9.17, 15) is 0 Å². The van der Waals surface area contributed by atoms with Crippen molar-refractivity contribution in [3.63, 3.8) is 0 Å². The van der Waals surface area contributed by atoms with Crippen LogP contribution in [0.15, 0.2) is 66.9 Å². The summed E-state index contributed by atoms with van der Waals surface area (Å²) in [5.41, 5.74) is 2.36. The maximum Gasteiger partial charge on any atom is 0.132 e. The van der Waals surface area contributed by atoms with Crippen LogP contribution in [-0.2, 0) is 5.41 Å². The third-order valence-electron chi connectivity index (χ3n) is 5.44. The van der Waals surface area contributed by atoms with Crippen molar-refractivity contribution in [1.29, 1.82) is 0 Å². The van der Waals surface area contributed by atoms with Crippen LogP contribution in [0.1, 0.15) is 44.2 Å². The Morgan fingerprint density at radius 3 is 2.00 bits per heavy atom. The highest BCUT2D eigenvalue weighted by atomic mass is 35.5. The van der Waals surface area contributed by atoms with E-state index in [4.69, 9.17) is 21.1 Å². The van der Waals surface area contributed by atoms with Crippen molar-refractivity contribution < 1.29 is 9.47 Å². The molecule has 28 heavy (non-hydrogen) atoms. The molecule has 0 radical (unpaired) electrons. The van der Waals surface area contributed by atoms with E-state index in [1.54, 1.807) is 18.3 Å². The van der Waals surface area contributed by atoms with E-state index in [1.807, 2.05) is 12.1 Å². The highest BCUT2D eigenvalue weighted by molar-refractivity contribution is 6.29. The summed E-state index contributed by atoms with van der Waals surface area (Å²) in [5, 5.41) is 0.417. The zero-order valence-electron chi connectivity index (χ0n) is 16.2. The molecular weight excluding hydrogens is 370 g/mol. The summed E-state index contributed by atoms with van der Waals surface area (Å²) in [4.78, 5) is 3.97. The molecule has 0 saturated heterocycles. The van der Waals surface area contributed by atoms with Crippen LogP contribution in [0.4, 0.5) is 0 Å². The second kappa shape index (κ2) is 7.84. The van der Waals surface area contributed by atoms with E-state index in [2.05, 4.69) is 55.2 Å². The van der Waals surface area contributed by atoms with Gasteiger partial charge in [0.25, 0.3) is 0 Å². The van der Waals surface area contributed by atoms with Gasteiger partial charge in [0.15, 0.2) is 0 Å². The molecule has 4 rings (SSSR count). The standard InChI is InChI=1S/C24H24ClNO2/c1-24(2,17-6-10-20(11-7-17)27-19-4-3-5-19)18-8-12-21(13-9-18)28-22-14-15-26-23(25)16-22/h6-16,19H,3-5H2,1-2H3. The van der Waals surface area contributed by atoms with Gasteiger partial charge in [-0.3, -0.25) is 0 Å². The Bertz CT molecular complexity index is 932. The fourth-order valence-electron chi connectivity index (χ4n) is 3.32. The molecule has 0 aliphatic heterocycles. The van der Waals surface area contributed by atoms with Crippen LogP contribution in [0.25, 0.3) is 0 Å². The molecular formula is C24H24ClNO2. The average molecular weight is 394 g/mol. The number of halogens is 1.